The first-order chi connectivity index (χ1) is 7.72. The van der Waals surface area contributed by atoms with Crippen molar-refractivity contribution >= 4 is 22.6 Å². The topological polar surface area (TPSA) is 66.3 Å². The lowest BCUT2D eigenvalue weighted by Gasteiger charge is -2.19. The first-order valence-corrected chi connectivity index (χ1v) is 6.31. The summed E-state index contributed by atoms with van der Waals surface area (Å²) in [6.07, 6.45) is 3.50. The third kappa shape index (κ3) is 2.16. The molecule has 0 aromatic carbocycles. The first kappa shape index (κ1) is 11.3. The van der Waals surface area contributed by atoms with Crippen LogP contribution in [0.3, 0.4) is 0 Å². The molecule has 1 N–H and O–H groups in total. The van der Waals surface area contributed by atoms with Crippen LogP contribution in [0, 0.1) is 0 Å². The van der Waals surface area contributed by atoms with Gasteiger partial charge in [0.1, 0.15) is 11.9 Å². The highest BCUT2D eigenvalue weighted by Crippen LogP contribution is 2.27. The van der Waals surface area contributed by atoms with Crippen LogP contribution in [0.4, 0.5) is 5.13 Å². The van der Waals surface area contributed by atoms with Gasteiger partial charge < -0.3 is 10.0 Å². The van der Waals surface area contributed by atoms with E-state index >= 15 is 0 Å². The molecule has 1 aromatic rings. The summed E-state index contributed by atoms with van der Waals surface area (Å²) in [4.78, 5) is 17.3. The number of aromatic nitrogens is 2. The Morgan fingerprint density at radius 2 is 2.50 bits per heavy atom. The normalized spacial score (nSPS) is 20.3. The summed E-state index contributed by atoms with van der Waals surface area (Å²) in [5.41, 5.74) is 0. The number of nitrogens with zero attached hydrogens (tertiary/aromatic N) is 3. The molecule has 0 bridgehead atoms. The number of rotatable bonds is 4. The molecule has 1 atom stereocenters. The fourth-order valence-electron chi connectivity index (χ4n) is 1.94. The minimum absolute atomic E-state index is 0.414. The molecule has 1 aliphatic rings. The molecule has 0 aliphatic carbocycles. The Balaban J connectivity index is 2.13. The predicted octanol–water partition coefficient (Wildman–Crippen LogP) is 1.54. The Labute approximate surface area is 98.3 Å². The fraction of sp³-hybridized carbons (Fsp3) is 0.700. The summed E-state index contributed by atoms with van der Waals surface area (Å²) >= 11 is 1.31. The number of aliphatic carboxylic acids is 1. The van der Waals surface area contributed by atoms with Crippen LogP contribution in [0.15, 0.2) is 0 Å². The van der Waals surface area contributed by atoms with Crippen LogP contribution < -0.4 is 4.90 Å². The van der Waals surface area contributed by atoms with E-state index in [4.69, 9.17) is 5.11 Å². The van der Waals surface area contributed by atoms with Gasteiger partial charge in [0, 0.05) is 24.5 Å². The van der Waals surface area contributed by atoms with Crippen molar-refractivity contribution in [1.82, 2.24) is 9.36 Å². The van der Waals surface area contributed by atoms with Crippen molar-refractivity contribution in [3.63, 3.8) is 0 Å². The zero-order chi connectivity index (χ0) is 11.5. The second-order valence-electron chi connectivity index (χ2n) is 3.93. The highest BCUT2D eigenvalue weighted by molar-refractivity contribution is 7.09. The molecular formula is C10H15N3O2S. The van der Waals surface area contributed by atoms with Crippen LogP contribution in [0.1, 0.15) is 32.0 Å². The van der Waals surface area contributed by atoms with Crippen LogP contribution >= 0.6 is 11.5 Å². The number of aryl methyl sites for hydroxylation is 1. The molecule has 6 heteroatoms. The van der Waals surface area contributed by atoms with Gasteiger partial charge in [0.25, 0.3) is 0 Å². The van der Waals surface area contributed by atoms with E-state index < -0.39 is 12.0 Å². The Hall–Kier alpha value is -1.17. The Kier molecular flexibility index (Phi) is 3.38. The summed E-state index contributed by atoms with van der Waals surface area (Å²) in [7, 11) is 0. The quantitative estimate of drug-likeness (QED) is 0.866. The summed E-state index contributed by atoms with van der Waals surface area (Å²) < 4.78 is 4.24. The molecule has 1 unspecified atom stereocenters. The monoisotopic (exact) mass is 241 g/mol. The van der Waals surface area contributed by atoms with Crippen molar-refractivity contribution in [2.24, 2.45) is 0 Å². The molecule has 1 saturated heterocycles. The third-order valence-electron chi connectivity index (χ3n) is 2.71. The standard InChI is InChI=1S/C10H15N3O2S/c1-2-4-8-11-10(16-12-8)13-6-3-5-7(13)9(14)15/h7H,2-6H2,1H3,(H,14,15). The SMILES string of the molecule is CCCc1nsc(N2CCCC2C(=O)O)n1. The lowest BCUT2D eigenvalue weighted by molar-refractivity contribution is -0.138. The van der Waals surface area contributed by atoms with Gasteiger partial charge in [-0.05, 0) is 19.3 Å². The summed E-state index contributed by atoms with van der Waals surface area (Å²) in [5, 5.41) is 9.83. The zero-order valence-electron chi connectivity index (χ0n) is 9.22. The van der Waals surface area contributed by atoms with Gasteiger partial charge >= 0.3 is 5.97 Å². The van der Waals surface area contributed by atoms with Crippen molar-refractivity contribution in [2.75, 3.05) is 11.4 Å². The number of anilines is 1. The molecule has 16 heavy (non-hydrogen) atoms. The molecule has 1 fully saturated rings. The van der Waals surface area contributed by atoms with E-state index in [1.54, 1.807) is 0 Å². The minimum atomic E-state index is -0.759. The van der Waals surface area contributed by atoms with Gasteiger partial charge in [-0.1, -0.05) is 6.92 Å². The first-order valence-electron chi connectivity index (χ1n) is 5.54. The Morgan fingerprint density at radius 3 is 3.19 bits per heavy atom. The maximum atomic E-state index is 11.0. The predicted molar refractivity (Wildman–Crippen MR) is 61.9 cm³/mol. The van der Waals surface area contributed by atoms with E-state index in [1.807, 2.05) is 4.90 Å². The van der Waals surface area contributed by atoms with E-state index in [1.165, 1.54) is 11.5 Å². The molecular weight excluding hydrogens is 226 g/mol. The molecule has 0 saturated carbocycles. The van der Waals surface area contributed by atoms with Crippen LogP contribution in [0.5, 0.6) is 0 Å². The molecule has 1 aromatic heterocycles. The molecule has 0 amide bonds. The van der Waals surface area contributed by atoms with Crippen LogP contribution in [0.2, 0.25) is 0 Å². The summed E-state index contributed by atoms with van der Waals surface area (Å²) in [6, 6.07) is -0.414. The van der Waals surface area contributed by atoms with Crippen LogP contribution in [0.25, 0.3) is 0 Å². The second-order valence-corrected chi connectivity index (χ2v) is 4.66. The maximum absolute atomic E-state index is 11.0. The molecule has 0 radical (unpaired) electrons. The number of hydrogen-bond acceptors (Lipinski definition) is 5. The third-order valence-corrected chi connectivity index (χ3v) is 3.51. The largest absolute Gasteiger partial charge is 0.480 e. The van der Waals surface area contributed by atoms with E-state index in [0.717, 1.165) is 36.8 Å². The minimum Gasteiger partial charge on any atom is -0.480 e. The molecule has 5 nitrogen and oxygen atoms in total. The number of carboxylic acid groups (broad SMARTS) is 1. The van der Waals surface area contributed by atoms with Gasteiger partial charge in [-0.2, -0.15) is 4.37 Å². The van der Waals surface area contributed by atoms with Crippen molar-refractivity contribution in [3.8, 4) is 0 Å². The van der Waals surface area contributed by atoms with Crippen molar-refractivity contribution in [2.45, 2.75) is 38.6 Å². The van der Waals surface area contributed by atoms with E-state index in [2.05, 4.69) is 16.3 Å². The zero-order valence-corrected chi connectivity index (χ0v) is 10.0. The number of hydrogen-bond donors (Lipinski definition) is 1. The average molecular weight is 241 g/mol. The lowest BCUT2D eigenvalue weighted by Crippen LogP contribution is -2.35. The van der Waals surface area contributed by atoms with E-state index in [-0.39, 0.29) is 0 Å². The highest BCUT2D eigenvalue weighted by Gasteiger charge is 2.32. The lowest BCUT2D eigenvalue weighted by atomic mass is 10.2. The smallest absolute Gasteiger partial charge is 0.326 e. The molecule has 2 heterocycles. The second kappa shape index (κ2) is 4.78. The van der Waals surface area contributed by atoms with Gasteiger partial charge in [0.2, 0.25) is 5.13 Å². The maximum Gasteiger partial charge on any atom is 0.326 e. The highest BCUT2D eigenvalue weighted by atomic mass is 32.1. The number of carbonyl (C=O) groups is 1. The van der Waals surface area contributed by atoms with Crippen molar-refractivity contribution in [3.05, 3.63) is 5.82 Å². The van der Waals surface area contributed by atoms with Gasteiger partial charge in [-0.25, -0.2) is 9.78 Å². The molecule has 0 spiro atoms. The fourth-order valence-corrected chi connectivity index (χ4v) is 2.73. The van der Waals surface area contributed by atoms with Crippen molar-refractivity contribution in [1.29, 1.82) is 0 Å². The Bertz CT molecular complexity index is 380. The average Bonchev–Trinajstić information content (AvgIpc) is 2.83. The van der Waals surface area contributed by atoms with Crippen LogP contribution in [-0.4, -0.2) is 33.0 Å². The summed E-state index contributed by atoms with van der Waals surface area (Å²) in [6.45, 7) is 2.86. The van der Waals surface area contributed by atoms with E-state index in [9.17, 15) is 4.79 Å². The van der Waals surface area contributed by atoms with Gasteiger partial charge in [-0.15, -0.1) is 0 Å². The van der Waals surface area contributed by atoms with Gasteiger partial charge in [0.15, 0.2) is 0 Å². The van der Waals surface area contributed by atoms with Crippen molar-refractivity contribution < 1.29 is 9.90 Å². The van der Waals surface area contributed by atoms with Crippen LogP contribution in [-0.2, 0) is 11.2 Å². The van der Waals surface area contributed by atoms with E-state index in [0.29, 0.717) is 6.42 Å². The van der Waals surface area contributed by atoms with Gasteiger partial charge in [0.05, 0.1) is 0 Å². The number of carboxylic acids is 1. The Morgan fingerprint density at radius 1 is 1.69 bits per heavy atom. The molecule has 2 rings (SSSR count). The summed E-state index contributed by atoms with van der Waals surface area (Å²) in [5.74, 6) is 0.0725. The van der Waals surface area contributed by atoms with Gasteiger partial charge in [-0.3, -0.25) is 0 Å². The molecule has 1 aliphatic heterocycles. The molecule has 88 valence electrons.